The molecular weight excluding hydrogens is 320 g/mol. The van der Waals surface area contributed by atoms with E-state index in [0.717, 1.165) is 58.4 Å². The number of hydrogen-bond donors (Lipinski definition) is 0. The molecule has 0 aromatic carbocycles. The predicted octanol–water partition coefficient (Wildman–Crippen LogP) is 1.48. The highest BCUT2D eigenvalue weighted by Crippen LogP contribution is 2.42. The van der Waals surface area contributed by atoms with Crippen LogP contribution in [-0.2, 0) is 9.53 Å². The SMILES string of the molecule is COc1ccnc(N2CCCC3(CCN(C4CCOCC4)C3=O)C2)n1. The Morgan fingerprint density at radius 1 is 1.28 bits per heavy atom. The number of aromatic nitrogens is 2. The van der Waals surface area contributed by atoms with Crippen molar-refractivity contribution in [2.45, 2.75) is 38.1 Å². The first kappa shape index (κ1) is 16.6. The fourth-order valence-corrected chi connectivity index (χ4v) is 4.47. The Kier molecular flexibility index (Phi) is 4.50. The summed E-state index contributed by atoms with van der Waals surface area (Å²) in [7, 11) is 1.61. The summed E-state index contributed by atoms with van der Waals surface area (Å²) in [5.74, 6) is 1.55. The van der Waals surface area contributed by atoms with E-state index in [4.69, 9.17) is 9.47 Å². The predicted molar refractivity (Wildman–Crippen MR) is 92.6 cm³/mol. The van der Waals surface area contributed by atoms with Crippen LogP contribution >= 0.6 is 0 Å². The molecule has 1 aromatic heterocycles. The van der Waals surface area contributed by atoms with Crippen LogP contribution in [0.4, 0.5) is 5.95 Å². The quantitative estimate of drug-likeness (QED) is 0.826. The molecule has 0 aliphatic carbocycles. The third-order valence-corrected chi connectivity index (χ3v) is 5.86. The van der Waals surface area contributed by atoms with Crippen LogP contribution in [-0.4, -0.2) is 66.8 Å². The summed E-state index contributed by atoms with van der Waals surface area (Å²) in [5, 5.41) is 0. The van der Waals surface area contributed by atoms with Crippen LogP contribution in [0.3, 0.4) is 0 Å². The highest BCUT2D eigenvalue weighted by atomic mass is 16.5. The van der Waals surface area contributed by atoms with E-state index in [1.165, 1.54) is 0 Å². The lowest BCUT2D eigenvalue weighted by molar-refractivity contribution is -0.139. The number of methoxy groups -OCH3 is 1. The lowest BCUT2D eigenvalue weighted by Gasteiger charge is -2.40. The van der Waals surface area contributed by atoms with Gasteiger partial charge < -0.3 is 19.3 Å². The molecule has 3 fully saturated rings. The third kappa shape index (κ3) is 3.05. The molecule has 0 N–H and O–H groups in total. The number of nitrogens with zero attached hydrogens (tertiary/aromatic N) is 4. The van der Waals surface area contributed by atoms with Gasteiger partial charge in [0.2, 0.25) is 17.7 Å². The molecule has 4 heterocycles. The van der Waals surface area contributed by atoms with Gasteiger partial charge in [-0.2, -0.15) is 4.98 Å². The maximum Gasteiger partial charge on any atom is 0.230 e. The number of hydrogen-bond acceptors (Lipinski definition) is 6. The molecule has 7 nitrogen and oxygen atoms in total. The number of amides is 1. The minimum Gasteiger partial charge on any atom is -0.481 e. The minimum absolute atomic E-state index is 0.275. The number of piperidine rings is 1. The Morgan fingerprint density at radius 2 is 2.12 bits per heavy atom. The van der Waals surface area contributed by atoms with Crippen molar-refractivity contribution in [3.05, 3.63) is 12.3 Å². The maximum absolute atomic E-state index is 13.3. The summed E-state index contributed by atoms with van der Waals surface area (Å²) in [6, 6.07) is 2.10. The summed E-state index contributed by atoms with van der Waals surface area (Å²) >= 11 is 0. The average Bonchev–Trinajstić information content (AvgIpc) is 2.98. The van der Waals surface area contributed by atoms with Gasteiger partial charge in [-0.15, -0.1) is 0 Å². The number of likely N-dealkylation sites (tertiary alicyclic amines) is 1. The Morgan fingerprint density at radius 3 is 2.92 bits per heavy atom. The van der Waals surface area contributed by atoms with Crippen molar-refractivity contribution in [1.29, 1.82) is 0 Å². The van der Waals surface area contributed by atoms with E-state index in [2.05, 4.69) is 19.8 Å². The van der Waals surface area contributed by atoms with Gasteiger partial charge in [0.05, 0.1) is 12.5 Å². The Hall–Kier alpha value is -1.89. The van der Waals surface area contributed by atoms with Crippen LogP contribution in [0.15, 0.2) is 12.3 Å². The first-order chi connectivity index (χ1) is 12.2. The number of rotatable bonds is 3. The average molecular weight is 346 g/mol. The smallest absolute Gasteiger partial charge is 0.230 e. The van der Waals surface area contributed by atoms with Crippen LogP contribution in [0.1, 0.15) is 32.1 Å². The first-order valence-corrected chi connectivity index (χ1v) is 9.23. The van der Waals surface area contributed by atoms with Gasteiger partial charge in [0, 0.05) is 51.2 Å². The maximum atomic E-state index is 13.3. The number of ether oxygens (including phenoxy) is 2. The van der Waals surface area contributed by atoms with E-state index in [9.17, 15) is 4.79 Å². The van der Waals surface area contributed by atoms with Gasteiger partial charge in [-0.3, -0.25) is 4.79 Å². The molecule has 25 heavy (non-hydrogen) atoms. The van der Waals surface area contributed by atoms with Crippen molar-refractivity contribution < 1.29 is 14.3 Å². The van der Waals surface area contributed by atoms with Crippen LogP contribution in [0.2, 0.25) is 0 Å². The first-order valence-electron chi connectivity index (χ1n) is 9.23. The lowest BCUT2D eigenvalue weighted by atomic mass is 9.78. The van der Waals surface area contributed by atoms with Gasteiger partial charge in [-0.05, 0) is 32.1 Å². The van der Waals surface area contributed by atoms with Gasteiger partial charge in [0.15, 0.2) is 0 Å². The van der Waals surface area contributed by atoms with E-state index >= 15 is 0 Å². The van der Waals surface area contributed by atoms with E-state index in [1.807, 2.05) is 0 Å². The van der Waals surface area contributed by atoms with E-state index in [1.54, 1.807) is 19.4 Å². The van der Waals surface area contributed by atoms with E-state index < -0.39 is 0 Å². The number of carbonyl (C=O) groups is 1. The molecule has 1 amide bonds. The van der Waals surface area contributed by atoms with Gasteiger partial charge >= 0.3 is 0 Å². The highest BCUT2D eigenvalue weighted by molar-refractivity contribution is 5.86. The largest absolute Gasteiger partial charge is 0.481 e. The van der Waals surface area contributed by atoms with Crippen LogP contribution < -0.4 is 9.64 Å². The molecular formula is C18H26N4O3. The molecule has 3 aliphatic rings. The molecule has 1 aromatic rings. The van der Waals surface area contributed by atoms with Crippen LogP contribution in [0, 0.1) is 5.41 Å². The Balaban J connectivity index is 1.51. The molecule has 7 heteroatoms. The van der Waals surface area contributed by atoms with Crippen molar-refractivity contribution in [2.75, 3.05) is 44.9 Å². The Labute approximate surface area is 148 Å². The molecule has 0 bridgehead atoms. The zero-order chi connectivity index (χ0) is 17.3. The normalized spacial score (nSPS) is 28.0. The van der Waals surface area contributed by atoms with Gasteiger partial charge in [0.25, 0.3) is 0 Å². The Bertz CT molecular complexity index is 635. The lowest BCUT2D eigenvalue weighted by Crippen LogP contribution is -2.50. The van der Waals surface area contributed by atoms with Crippen molar-refractivity contribution in [2.24, 2.45) is 5.41 Å². The van der Waals surface area contributed by atoms with Crippen molar-refractivity contribution in [1.82, 2.24) is 14.9 Å². The summed E-state index contributed by atoms with van der Waals surface area (Å²) < 4.78 is 10.7. The summed E-state index contributed by atoms with van der Waals surface area (Å²) in [6.45, 7) is 4.00. The van der Waals surface area contributed by atoms with Crippen LogP contribution in [0.5, 0.6) is 5.88 Å². The molecule has 1 unspecified atom stereocenters. The second kappa shape index (κ2) is 6.78. The zero-order valence-corrected chi connectivity index (χ0v) is 14.8. The molecule has 4 rings (SSSR count). The summed E-state index contributed by atoms with van der Waals surface area (Å²) in [5.41, 5.74) is -0.275. The molecule has 3 aliphatic heterocycles. The molecule has 136 valence electrons. The van der Waals surface area contributed by atoms with Crippen molar-refractivity contribution in [3.8, 4) is 5.88 Å². The molecule has 0 radical (unpaired) electrons. The monoisotopic (exact) mass is 346 g/mol. The van der Waals surface area contributed by atoms with Crippen molar-refractivity contribution >= 4 is 11.9 Å². The number of carbonyl (C=O) groups excluding carboxylic acids is 1. The second-order valence-electron chi connectivity index (χ2n) is 7.30. The zero-order valence-electron chi connectivity index (χ0n) is 14.8. The fraction of sp³-hybridized carbons (Fsp3) is 0.722. The van der Waals surface area contributed by atoms with Crippen molar-refractivity contribution in [3.63, 3.8) is 0 Å². The summed E-state index contributed by atoms with van der Waals surface area (Å²) in [4.78, 5) is 26.4. The molecule has 3 saturated heterocycles. The molecule has 1 spiro atoms. The number of anilines is 1. The van der Waals surface area contributed by atoms with Gasteiger partial charge in [0.1, 0.15) is 0 Å². The summed E-state index contributed by atoms with van der Waals surface area (Å²) in [6.07, 6.45) is 6.53. The van der Waals surface area contributed by atoms with Gasteiger partial charge in [-0.1, -0.05) is 0 Å². The van der Waals surface area contributed by atoms with Crippen LogP contribution in [0.25, 0.3) is 0 Å². The van der Waals surface area contributed by atoms with E-state index in [0.29, 0.717) is 30.3 Å². The highest BCUT2D eigenvalue weighted by Gasteiger charge is 2.50. The third-order valence-electron chi connectivity index (χ3n) is 5.86. The molecule has 0 saturated carbocycles. The standard InChI is InChI=1S/C18H26N4O3/c1-24-15-3-8-19-17(20-15)21-9-2-6-18(13-21)7-10-22(16(18)23)14-4-11-25-12-5-14/h3,8,14H,2,4-7,9-13H2,1H3. The second-order valence-corrected chi connectivity index (χ2v) is 7.30. The van der Waals surface area contributed by atoms with E-state index in [-0.39, 0.29) is 5.41 Å². The fourth-order valence-electron chi connectivity index (χ4n) is 4.47. The van der Waals surface area contributed by atoms with Gasteiger partial charge in [-0.25, -0.2) is 4.98 Å². The minimum atomic E-state index is -0.275. The topological polar surface area (TPSA) is 67.8 Å². The molecule has 1 atom stereocenters.